The van der Waals surface area contributed by atoms with Crippen LogP contribution in [-0.2, 0) is 0 Å². The van der Waals surface area contributed by atoms with Crippen molar-refractivity contribution in [3.8, 4) is 11.5 Å². The van der Waals surface area contributed by atoms with E-state index in [0.717, 1.165) is 0 Å². The fourth-order valence-electron chi connectivity index (χ4n) is 1.85. The van der Waals surface area contributed by atoms with Gasteiger partial charge in [0.15, 0.2) is 17.3 Å². The monoisotopic (exact) mass is 260 g/mol. The molecule has 0 saturated carbocycles. The fourth-order valence-corrected chi connectivity index (χ4v) is 1.85. The lowest BCUT2D eigenvalue weighted by molar-refractivity contribution is 0.103. The summed E-state index contributed by atoms with van der Waals surface area (Å²) in [5, 5.41) is 0. The summed E-state index contributed by atoms with van der Waals surface area (Å²) in [6, 6.07) is 10.5. The van der Waals surface area contributed by atoms with Gasteiger partial charge in [-0.1, -0.05) is 18.2 Å². The van der Waals surface area contributed by atoms with E-state index in [1.54, 1.807) is 24.3 Å². The molecule has 0 N–H and O–H groups in total. The van der Waals surface area contributed by atoms with Gasteiger partial charge >= 0.3 is 0 Å². The van der Waals surface area contributed by atoms with Gasteiger partial charge in [0.2, 0.25) is 0 Å². The highest BCUT2D eigenvalue weighted by atomic mass is 19.1. The predicted octanol–water partition coefficient (Wildman–Crippen LogP) is 3.07. The number of rotatable bonds is 4. The van der Waals surface area contributed by atoms with Crippen LogP contribution in [0.5, 0.6) is 11.5 Å². The molecule has 0 saturated heterocycles. The molecule has 0 unspecified atom stereocenters. The number of benzene rings is 2. The first-order chi connectivity index (χ1) is 9.17. The maximum absolute atomic E-state index is 13.2. The molecule has 0 fully saturated rings. The minimum absolute atomic E-state index is 0.270. The summed E-state index contributed by atoms with van der Waals surface area (Å²) in [7, 11) is 2.95. The Balaban J connectivity index is 2.50. The Hall–Kier alpha value is -2.36. The Labute approximate surface area is 110 Å². The van der Waals surface area contributed by atoms with Gasteiger partial charge in [0, 0.05) is 5.56 Å². The smallest absolute Gasteiger partial charge is 0.197 e. The summed E-state index contributed by atoms with van der Waals surface area (Å²) in [5.74, 6) is 0.0481. The number of methoxy groups -OCH3 is 2. The molecule has 0 spiro atoms. The van der Waals surface area contributed by atoms with Crippen molar-refractivity contribution >= 4 is 5.78 Å². The van der Waals surface area contributed by atoms with Crippen LogP contribution in [0.4, 0.5) is 4.39 Å². The van der Waals surface area contributed by atoms with Crippen LogP contribution >= 0.6 is 0 Å². The van der Waals surface area contributed by atoms with Gasteiger partial charge < -0.3 is 9.47 Å². The van der Waals surface area contributed by atoms with Crippen molar-refractivity contribution in [1.29, 1.82) is 0 Å². The van der Waals surface area contributed by atoms with Crippen molar-refractivity contribution in [3.63, 3.8) is 0 Å². The van der Waals surface area contributed by atoms with Gasteiger partial charge in [-0.15, -0.1) is 0 Å². The minimum Gasteiger partial charge on any atom is -0.493 e. The van der Waals surface area contributed by atoms with Crippen molar-refractivity contribution in [3.05, 3.63) is 59.4 Å². The topological polar surface area (TPSA) is 35.5 Å². The zero-order valence-electron chi connectivity index (χ0n) is 10.6. The van der Waals surface area contributed by atoms with Crippen LogP contribution in [0.2, 0.25) is 0 Å². The maximum atomic E-state index is 13.2. The number of ether oxygens (including phenoxy) is 2. The highest BCUT2D eigenvalue weighted by Gasteiger charge is 2.18. The molecule has 2 aromatic carbocycles. The Morgan fingerprint density at radius 2 is 1.79 bits per heavy atom. The molecule has 0 bridgehead atoms. The summed E-state index contributed by atoms with van der Waals surface area (Å²) in [6.07, 6.45) is 0. The number of para-hydroxylation sites is 1. The first-order valence-corrected chi connectivity index (χ1v) is 5.68. The third kappa shape index (κ3) is 2.57. The summed E-state index contributed by atoms with van der Waals surface area (Å²) < 4.78 is 23.5. The van der Waals surface area contributed by atoms with E-state index < -0.39 is 5.82 Å². The Bertz CT molecular complexity index is 608. The highest BCUT2D eigenvalue weighted by Crippen LogP contribution is 2.32. The molecule has 2 aromatic rings. The van der Waals surface area contributed by atoms with Gasteiger partial charge in [0.1, 0.15) is 5.82 Å². The molecule has 0 aliphatic rings. The first-order valence-electron chi connectivity index (χ1n) is 5.68. The summed E-state index contributed by atoms with van der Waals surface area (Å²) >= 11 is 0. The second-order valence-corrected chi connectivity index (χ2v) is 3.88. The third-order valence-corrected chi connectivity index (χ3v) is 2.73. The van der Waals surface area contributed by atoms with Gasteiger partial charge in [-0.3, -0.25) is 4.79 Å². The molecular weight excluding hydrogens is 247 g/mol. The Morgan fingerprint density at radius 3 is 2.42 bits per heavy atom. The molecule has 2 rings (SSSR count). The largest absolute Gasteiger partial charge is 0.493 e. The predicted molar refractivity (Wildman–Crippen MR) is 69.4 cm³/mol. The Morgan fingerprint density at radius 1 is 1.05 bits per heavy atom. The minimum atomic E-state index is -0.451. The molecule has 0 aliphatic carbocycles. The Kier molecular flexibility index (Phi) is 3.80. The van der Waals surface area contributed by atoms with Gasteiger partial charge in [-0.25, -0.2) is 4.39 Å². The average Bonchev–Trinajstić information content (AvgIpc) is 2.45. The molecule has 98 valence electrons. The maximum Gasteiger partial charge on any atom is 0.197 e. The second-order valence-electron chi connectivity index (χ2n) is 3.88. The van der Waals surface area contributed by atoms with Crippen LogP contribution < -0.4 is 9.47 Å². The number of ketones is 1. The van der Waals surface area contributed by atoms with E-state index in [1.807, 2.05) is 0 Å². The molecular formula is C15H13FO3. The van der Waals surface area contributed by atoms with Crippen molar-refractivity contribution in [2.75, 3.05) is 14.2 Å². The number of halogens is 1. The van der Waals surface area contributed by atoms with Gasteiger partial charge in [0.25, 0.3) is 0 Å². The average molecular weight is 260 g/mol. The zero-order chi connectivity index (χ0) is 13.8. The van der Waals surface area contributed by atoms with Gasteiger partial charge in [-0.05, 0) is 24.3 Å². The van der Waals surface area contributed by atoms with Crippen LogP contribution in [0.3, 0.4) is 0 Å². The van der Waals surface area contributed by atoms with Crippen molar-refractivity contribution < 1.29 is 18.7 Å². The van der Waals surface area contributed by atoms with Crippen molar-refractivity contribution in [1.82, 2.24) is 0 Å². The van der Waals surface area contributed by atoms with Gasteiger partial charge in [0.05, 0.1) is 19.8 Å². The lowest BCUT2D eigenvalue weighted by Gasteiger charge is -2.11. The molecule has 0 aromatic heterocycles. The van der Waals surface area contributed by atoms with E-state index >= 15 is 0 Å². The molecule has 0 radical (unpaired) electrons. The summed E-state index contributed by atoms with van der Waals surface area (Å²) in [5.41, 5.74) is 0.610. The quantitative estimate of drug-likeness (QED) is 0.792. The molecule has 3 nitrogen and oxygen atoms in total. The van der Waals surface area contributed by atoms with Crippen LogP contribution in [0, 0.1) is 5.82 Å². The van der Waals surface area contributed by atoms with E-state index in [1.165, 1.54) is 32.4 Å². The van der Waals surface area contributed by atoms with E-state index in [9.17, 15) is 9.18 Å². The third-order valence-electron chi connectivity index (χ3n) is 2.73. The SMILES string of the molecule is COc1cccc(C(=O)c2cccc(F)c2)c1OC. The van der Waals surface area contributed by atoms with Crippen molar-refractivity contribution in [2.24, 2.45) is 0 Å². The van der Waals surface area contributed by atoms with Crippen LogP contribution in [0.1, 0.15) is 15.9 Å². The van der Waals surface area contributed by atoms with Crippen molar-refractivity contribution in [2.45, 2.75) is 0 Å². The molecule has 0 aliphatic heterocycles. The molecule has 19 heavy (non-hydrogen) atoms. The number of hydrogen-bond donors (Lipinski definition) is 0. The number of carbonyl (C=O) groups excluding carboxylic acids is 1. The van der Waals surface area contributed by atoms with Crippen LogP contribution in [0.15, 0.2) is 42.5 Å². The fraction of sp³-hybridized carbons (Fsp3) is 0.133. The first kappa shape index (κ1) is 13.1. The molecule has 0 amide bonds. The lowest BCUT2D eigenvalue weighted by atomic mass is 10.0. The van der Waals surface area contributed by atoms with E-state index in [0.29, 0.717) is 17.1 Å². The summed E-state index contributed by atoms with van der Waals surface area (Å²) in [4.78, 5) is 12.3. The standard InChI is InChI=1S/C15H13FO3/c1-18-13-8-4-7-12(15(13)19-2)14(17)10-5-3-6-11(16)9-10/h3-9H,1-2H3. The molecule has 4 heteroatoms. The van der Waals surface area contributed by atoms with E-state index in [2.05, 4.69) is 0 Å². The van der Waals surface area contributed by atoms with Crippen LogP contribution in [-0.4, -0.2) is 20.0 Å². The van der Waals surface area contributed by atoms with Gasteiger partial charge in [-0.2, -0.15) is 0 Å². The normalized spacial score (nSPS) is 10.1. The second kappa shape index (κ2) is 5.52. The highest BCUT2D eigenvalue weighted by molar-refractivity contribution is 6.11. The van der Waals surface area contributed by atoms with E-state index in [-0.39, 0.29) is 11.3 Å². The molecule has 0 atom stereocenters. The molecule has 0 heterocycles. The zero-order valence-corrected chi connectivity index (χ0v) is 10.6. The van der Waals surface area contributed by atoms with Crippen LogP contribution in [0.25, 0.3) is 0 Å². The summed E-state index contributed by atoms with van der Waals surface area (Å²) in [6.45, 7) is 0. The number of hydrogen-bond acceptors (Lipinski definition) is 3. The lowest BCUT2D eigenvalue weighted by Crippen LogP contribution is -2.05. The van der Waals surface area contributed by atoms with E-state index in [4.69, 9.17) is 9.47 Å². The number of carbonyl (C=O) groups is 1.